The summed E-state index contributed by atoms with van der Waals surface area (Å²) in [6.07, 6.45) is 1.86. The van der Waals surface area contributed by atoms with Crippen LogP contribution < -0.4 is 22.1 Å². The Morgan fingerprint density at radius 3 is 2.44 bits per heavy atom. The molecule has 1 heterocycles. The van der Waals surface area contributed by atoms with Crippen molar-refractivity contribution in [3.8, 4) is 0 Å². The molecule has 8 N–H and O–H groups in total. The van der Waals surface area contributed by atoms with Gasteiger partial charge in [0.15, 0.2) is 0 Å². The molecule has 2 amide bonds. The standard InChI is InChI=1S/C24H27N5O5.CH5N/c25-14-26-12-4-3-7-20(30)27-16-10-8-15(9-11-16)13-19(24(33)34)29-23(32)21-22(31)17-5-1-2-6-18(17)28-21;1-2/h1-2,5-6,8-11,14,19,22,31H,3-4,7,12-13H2,(H2,25,26)(H,27,30)(H,29,32)(H,33,34);2H2,1H3. The maximum absolute atomic E-state index is 12.6. The molecule has 36 heavy (non-hydrogen) atoms. The number of amides is 2. The lowest BCUT2D eigenvalue weighted by Gasteiger charge is -2.16. The quantitative estimate of drug-likeness (QED) is 0.153. The highest BCUT2D eigenvalue weighted by Crippen LogP contribution is 2.33. The highest BCUT2D eigenvalue weighted by Gasteiger charge is 2.32. The van der Waals surface area contributed by atoms with Gasteiger partial charge in [0.05, 0.1) is 12.0 Å². The van der Waals surface area contributed by atoms with E-state index in [0.29, 0.717) is 41.9 Å². The summed E-state index contributed by atoms with van der Waals surface area (Å²) >= 11 is 0. The van der Waals surface area contributed by atoms with Gasteiger partial charge in [-0.1, -0.05) is 30.3 Å². The molecule has 2 unspecified atom stereocenters. The number of fused-ring (bicyclic) bond motifs is 1. The van der Waals surface area contributed by atoms with Gasteiger partial charge in [0, 0.05) is 30.6 Å². The predicted molar refractivity (Wildman–Crippen MR) is 138 cm³/mol. The Kier molecular flexibility index (Phi) is 11.2. The third kappa shape index (κ3) is 8.00. The summed E-state index contributed by atoms with van der Waals surface area (Å²) in [4.78, 5) is 44.4. The van der Waals surface area contributed by atoms with Gasteiger partial charge in [-0.15, -0.1) is 0 Å². The number of aliphatic carboxylic acids is 1. The van der Waals surface area contributed by atoms with Crippen LogP contribution in [0.15, 0.2) is 58.5 Å². The van der Waals surface area contributed by atoms with E-state index in [4.69, 9.17) is 5.73 Å². The van der Waals surface area contributed by atoms with Crippen LogP contribution in [0.1, 0.15) is 36.5 Å². The molecule has 192 valence electrons. The molecule has 0 aromatic heterocycles. The van der Waals surface area contributed by atoms with Crippen LogP contribution in [0.2, 0.25) is 0 Å². The lowest BCUT2D eigenvalue weighted by molar-refractivity contribution is -0.141. The van der Waals surface area contributed by atoms with Crippen molar-refractivity contribution in [1.82, 2.24) is 5.32 Å². The lowest BCUT2D eigenvalue weighted by atomic mass is 10.0. The molecule has 1 aliphatic heterocycles. The van der Waals surface area contributed by atoms with Crippen molar-refractivity contribution in [3.63, 3.8) is 0 Å². The lowest BCUT2D eigenvalue weighted by Crippen LogP contribution is -2.46. The number of hydrogen-bond acceptors (Lipinski definition) is 7. The Bertz CT molecular complexity index is 1100. The Balaban J connectivity index is 0.00000222. The minimum absolute atomic E-state index is 0.0211. The summed E-state index contributed by atoms with van der Waals surface area (Å²) in [6.45, 7) is 0.582. The number of para-hydroxylation sites is 1. The minimum atomic E-state index is -1.22. The van der Waals surface area contributed by atoms with E-state index in [1.54, 1.807) is 48.5 Å². The smallest absolute Gasteiger partial charge is 0.326 e. The number of anilines is 1. The van der Waals surface area contributed by atoms with E-state index in [1.165, 1.54) is 13.4 Å². The highest BCUT2D eigenvalue weighted by atomic mass is 16.4. The molecule has 11 heteroatoms. The van der Waals surface area contributed by atoms with Crippen LogP contribution in [0.25, 0.3) is 0 Å². The molecule has 0 spiro atoms. The Morgan fingerprint density at radius 2 is 1.81 bits per heavy atom. The molecule has 0 bridgehead atoms. The maximum atomic E-state index is 12.6. The fourth-order valence-corrected chi connectivity index (χ4v) is 3.51. The summed E-state index contributed by atoms with van der Waals surface area (Å²) in [5.74, 6) is -2.08. The van der Waals surface area contributed by atoms with Crippen molar-refractivity contribution in [2.45, 2.75) is 37.8 Å². The number of aliphatic imine (C=N–C) groups is 2. The van der Waals surface area contributed by atoms with E-state index in [-0.39, 0.29) is 18.0 Å². The molecule has 0 radical (unpaired) electrons. The molecule has 11 nitrogen and oxygen atoms in total. The molecule has 0 aliphatic carbocycles. The van der Waals surface area contributed by atoms with Crippen molar-refractivity contribution in [1.29, 1.82) is 0 Å². The molecule has 3 rings (SSSR count). The van der Waals surface area contributed by atoms with Gasteiger partial charge in [-0.2, -0.15) is 0 Å². The molecular weight excluding hydrogens is 464 g/mol. The average molecular weight is 497 g/mol. The molecule has 2 atom stereocenters. The van der Waals surface area contributed by atoms with Gasteiger partial charge in [-0.3, -0.25) is 14.6 Å². The Labute approximate surface area is 209 Å². The summed E-state index contributed by atoms with van der Waals surface area (Å²) in [5.41, 5.74) is 11.8. The molecule has 2 aromatic rings. The SMILES string of the molecule is CN.NC=NCCCCC(=O)Nc1ccc(CC(NC(=O)C2=Nc3ccccc3C2O)C(=O)O)cc1. The first-order chi connectivity index (χ1) is 17.4. The first-order valence-corrected chi connectivity index (χ1v) is 11.4. The van der Waals surface area contributed by atoms with Gasteiger partial charge in [0.2, 0.25) is 5.91 Å². The highest BCUT2D eigenvalue weighted by molar-refractivity contribution is 6.42. The van der Waals surface area contributed by atoms with Crippen molar-refractivity contribution < 1.29 is 24.6 Å². The zero-order valence-electron chi connectivity index (χ0n) is 20.1. The fourth-order valence-electron chi connectivity index (χ4n) is 3.51. The van der Waals surface area contributed by atoms with Gasteiger partial charge in [0.25, 0.3) is 5.91 Å². The van der Waals surface area contributed by atoms with Crippen LogP contribution in [-0.2, 0) is 20.8 Å². The third-order valence-corrected chi connectivity index (χ3v) is 5.29. The van der Waals surface area contributed by atoms with E-state index in [2.05, 4.69) is 26.4 Å². The second-order valence-corrected chi connectivity index (χ2v) is 7.78. The van der Waals surface area contributed by atoms with Crippen LogP contribution in [0, 0.1) is 0 Å². The Morgan fingerprint density at radius 1 is 1.11 bits per heavy atom. The number of benzene rings is 2. The zero-order chi connectivity index (χ0) is 26.5. The maximum Gasteiger partial charge on any atom is 0.326 e. The number of unbranched alkanes of at least 4 members (excludes halogenated alkanes) is 1. The van der Waals surface area contributed by atoms with Crippen molar-refractivity contribution in [3.05, 3.63) is 59.7 Å². The zero-order valence-corrected chi connectivity index (χ0v) is 20.1. The van der Waals surface area contributed by atoms with Gasteiger partial charge in [-0.05, 0) is 43.7 Å². The van der Waals surface area contributed by atoms with E-state index < -0.39 is 24.0 Å². The van der Waals surface area contributed by atoms with Gasteiger partial charge in [-0.25, -0.2) is 9.79 Å². The average Bonchev–Trinajstić information content (AvgIpc) is 3.22. The number of rotatable bonds is 11. The second kappa shape index (κ2) is 14.3. The van der Waals surface area contributed by atoms with Crippen molar-refractivity contribution in [2.75, 3.05) is 18.9 Å². The van der Waals surface area contributed by atoms with E-state index in [9.17, 15) is 24.6 Å². The van der Waals surface area contributed by atoms with Crippen LogP contribution in [0.3, 0.4) is 0 Å². The number of carboxylic acid groups (broad SMARTS) is 1. The summed E-state index contributed by atoms with van der Waals surface area (Å²) in [5, 5.41) is 25.2. The predicted octanol–water partition coefficient (Wildman–Crippen LogP) is 1.29. The molecule has 2 aromatic carbocycles. The third-order valence-electron chi connectivity index (χ3n) is 5.29. The number of nitrogens with one attached hydrogen (secondary N) is 2. The molecule has 0 fully saturated rings. The minimum Gasteiger partial charge on any atom is -0.480 e. The van der Waals surface area contributed by atoms with E-state index in [1.807, 2.05) is 0 Å². The van der Waals surface area contributed by atoms with E-state index >= 15 is 0 Å². The first-order valence-electron chi connectivity index (χ1n) is 11.4. The van der Waals surface area contributed by atoms with Crippen molar-refractivity contribution in [2.24, 2.45) is 21.5 Å². The normalized spacial score (nSPS) is 14.8. The first kappa shape index (κ1) is 28.1. The Hall–Kier alpha value is -4.09. The number of carbonyl (C=O) groups is 3. The monoisotopic (exact) mass is 496 g/mol. The summed E-state index contributed by atoms with van der Waals surface area (Å²) in [6, 6.07) is 12.3. The number of aliphatic hydroxyl groups is 1. The van der Waals surface area contributed by atoms with Crippen LogP contribution >= 0.6 is 0 Å². The van der Waals surface area contributed by atoms with Crippen molar-refractivity contribution >= 4 is 41.2 Å². The number of nitrogens with zero attached hydrogens (tertiary/aromatic N) is 2. The fraction of sp³-hybridized carbons (Fsp3) is 0.320. The van der Waals surface area contributed by atoms with Gasteiger partial charge in [0.1, 0.15) is 17.9 Å². The number of nitrogens with two attached hydrogens (primary N) is 2. The summed E-state index contributed by atoms with van der Waals surface area (Å²) < 4.78 is 0. The number of carbonyl (C=O) groups excluding carboxylic acids is 2. The number of hydrogen-bond donors (Lipinski definition) is 6. The number of carboxylic acids is 1. The van der Waals surface area contributed by atoms with Gasteiger partial charge >= 0.3 is 5.97 Å². The van der Waals surface area contributed by atoms with Crippen LogP contribution in [-0.4, -0.2) is 59.7 Å². The van der Waals surface area contributed by atoms with Gasteiger partial charge < -0.3 is 32.3 Å². The second-order valence-electron chi connectivity index (χ2n) is 7.78. The number of aliphatic hydroxyl groups excluding tert-OH is 1. The largest absolute Gasteiger partial charge is 0.480 e. The van der Waals surface area contributed by atoms with E-state index in [0.717, 1.165) is 6.42 Å². The topological polar surface area (TPSA) is 192 Å². The van der Waals surface area contributed by atoms with Crippen LogP contribution in [0.5, 0.6) is 0 Å². The molecule has 0 saturated heterocycles. The van der Waals surface area contributed by atoms with Crippen LogP contribution in [0.4, 0.5) is 11.4 Å². The molecule has 1 aliphatic rings. The summed E-state index contributed by atoms with van der Waals surface area (Å²) in [7, 11) is 1.50. The molecule has 0 saturated carbocycles. The molecular formula is C25H32N6O5.